The van der Waals surface area contributed by atoms with Gasteiger partial charge in [0.25, 0.3) is 0 Å². The fraction of sp³-hybridized carbons (Fsp3) is 0.316. The van der Waals surface area contributed by atoms with Gasteiger partial charge in [0.15, 0.2) is 0 Å². The van der Waals surface area contributed by atoms with Crippen LogP contribution in [0.3, 0.4) is 0 Å². The molecule has 23 heavy (non-hydrogen) atoms. The van der Waals surface area contributed by atoms with Gasteiger partial charge >= 0.3 is 0 Å². The molecule has 0 aromatic heterocycles. The predicted molar refractivity (Wildman–Crippen MR) is 97.2 cm³/mol. The topological polar surface area (TPSA) is 41.1 Å². The van der Waals surface area contributed by atoms with Crippen molar-refractivity contribution in [3.8, 4) is 0 Å². The van der Waals surface area contributed by atoms with Gasteiger partial charge in [-0.2, -0.15) is 0 Å². The molecule has 0 spiro atoms. The van der Waals surface area contributed by atoms with Gasteiger partial charge in [0, 0.05) is 12.2 Å². The highest BCUT2D eigenvalue weighted by Crippen LogP contribution is 2.20. The number of carbonyl (C=O) groups is 1. The van der Waals surface area contributed by atoms with Crippen molar-refractivity contribution in [1.82, 2.24) is 5.32 Å². The Labute approximate surface area is 143 Å². The fourth-order valence-corrected chi connectivity index (χ4v) is 2.84. The van der Waals surface area contributed by atoms with E-state index in [0.29, 0.717) is 5.92 Å². The molecule has 2 aromatic carbocycles. The number of rotatable bonds is 3. The number of anilines is 1. The third-order valence-electron chi connectivity index (χ3n) is 4.22. The van der Waals surface area contributed by atoms with E-state index in [-0.39, 0.29) is 24.4 Å². The van der Waals surface area contributed by atoms with Crippen LogP contribution in [0.4, 0.5) is 5.69 Å². The Hall–Kier alpha value is -1.84. The predicted octanol–water partition coefficient (Wildman–Crippen LogP) is 3.88. The number of hydrogen-bond acceptors (Lipinski definition) is 2. The monoisotopic (exact) mass is 330 g/mol. The minimum atomic E-state index is -0.169. The first-order valence-corrected chi connectivity index (χ1v) is 7.84. The molecule has 3 nitrogen and oxygen atoms in total. The summed E-state index contributed by atoms with van der Waals surface area (Å²) in [6.45, 7) is 5.06. The first-order chi connectivity index (χ1) is 10.6. The molecule has 0 fully saturated rings. The molecule has 0 saturated carbocycles. The molecule has 4 heteroatoms. The molecule has 2 aromatic rings. The van der Waals surface area contributed by atoms with Gasteiger partial charge < -0.3 is 10.6 Å². The van der Waals surface area contributed by atoms with Crippen molar-refractivity contribution < 1.29 is 4.79 Å². The summed E-state index contributed by atoms with van der Waals surface area (Å²) in [5, 5.41) is 6.36. The van der Waals surface area contributed by atoms with Gasteiger partial charge in [0.05, 0.1) is 6.04 Å². The van der Waals surface area contributed by atoms with Gasteiger partial charge in [0.2, 0.25) is 5.91 Å². The van der Waals surface area contributed by atoms with Gasteiger partial charge in [-0.25, -0.2) is 0 Å². The maximum absolute atomic E-state index is 12.5. The highest BCUT2D eigenvalue weighted by atomic mass is 35.5. The molecular weight excluding hydrogens is 308 g/mol. The minimum absolute atomic E-state index is 0. The van der Waals surface area contributed by atoms with Crippen LogP contribution in [0.15, 0.2) is 48.5 Å². The fourth-order valence-electron chi connectivity index (χ4n) is 2.84. The van der Waals surface area contributed by atoms with Crippen LogP contribution in [0, 0.1) is 0 Å². The molecule has 0 radical (unpaired) electrons. The molecule has 1 aliphatic heterocycles. The van der Waals surface area contributed by atoms with E-state index in [4.69, 9.17) is 0 Å². The standard InChI is InChI=1S/C19H22N2O.ClH/c1-13(2)14-8-5-9-17(10-14)21-19(22)18-11-15-6-3-4-7-16(15)12-20-18;/h3-10,13,18,20H,11-12H2,1-2H3,(H,21,22);1H. The van der Waals surface area contributed by atoms with E-state index in [2.05, 4.69) is 48.7 Å². The second-order valence-electron chi connectivity index (χ2n) is 6.18. The van der Waals surface area contributed by atoms with E-state index < -0.39 is 0 Å². The Morgan fingerprint density at radius 1 is 1.13 bits per heavy atom. The van der Waals surface area contributed by atoms with E-state index in [1.807, 2.05) is 24.3 Å². The van der Waals surface area contributed by atoms with Crippen molar-refractivity contribution in [3.63, 3.8) is 0 Å². The Bertz CT molecular complexity index is 685. The molecular formula is C19H23ClN2O. The lowest BCUT2D eigenvalue weighted by molar-refractivity contribution is -0.118. The van der Waals surface area contributed by atoms with Gasteiger partial charge in [-0.1, -0.05) is 50.2 Å². The Balaban J connectivity index is 0.00000192. The summed E-state index contributed by atoms with van der Waals surface area (Å²) in [4.78, 5) is 12.5. The number of halogens is 1. The summed E-state index contributed by atoms with van der Waals surface area (Å²) in [5.41, 5.74) is 4.65. The maximum Gasteiger partial charge on any atom is 0.241 e. The van der Waals surface area contributed by atoms with Crippen molar-refractivity contribution in [2.45, 2.75) is 38.8 Å². The van der Waals surface area contributed by atoms with Gasteiger partial charge in [-0.3, -0.25) is 4.79 Å². The van der Waals surface area contributed by atoms with E-state index in [0.717, 1.165) is 18.7 Å². The van der Waals surface area contributed by atoms with Crippen LogP contribution in [0.5, 0.6) is 0 Å². The Morgan fingerprint density at radius 2 is 1.87 bits per heavy atom. The number of nitrogens with one attached hydrogen (secondary N) is 2. The third kappa shape index (κ3) is 4.12. The summed E-state index contributed by atoms with van der Waals surface area (Å²) < 4.78 is 0. The number of carbonyl (C=O) groups excluding carboxylic acids is 1. The van der Waals surface area contributed by atoms with Crippen molar-refractivity contribution in [2.24, 2.45) is 0 Å². The summed E-state index contributed by atoms with van der Waals surface area (Å²) >= 11 is 0. The van der Waals surface area contributed by atoms with Gasteiger partial charge in [0.1, 0.15) is 0 Å². The maximum atomic E-state index is 12.5. The zero-order chi connectivity index (χ0) is 15.5. The zero-order valence-corrected chi connectivity index (χ0v) is 14.3. The highest BCUT2D eigenvalue weighted by molar-refractivity contribution is 5.95. The van der Waals surface area contributed by atoms with Gasteiger partial charge in [-0.05, 0) is 41.2 Å². The minimum Gasteiger partial charge on any atom is -0.325 e. The first-order valence-electron chi connectivity index (χ1n) is 7.84. The molecule has 0 saturated heterocycles. The lowest BCUT2D eigenvalue weighted by Gasteiger charge is -2.25. The molecule has 1 amide bonds. The van der Waals surface area contributed by atoms with Crippen molar-refractivity contribution in [2.75, 3.05) is 5.32 Å². The second kappa shape index (κ2) is 7.62. The molecule has 1 heterocycles. The van der Waals surface area contributed by atoms with Crippen LogP contribution in [0.1, 0.15) is 36.5 Å². The lowest BCUT2D eigenvalue weighted by atomic mass is 9.95. The molecule has 1 aliphatic rings. The average molecular weight is 331 g/mol. The van der Waals surface area contributed by atoms with E-state index in [1.54, 1.807) is 0 Å². The normalized spacial score (nSPS) is 16.4. The molecule has 122 valence electrons. The number of fused-ring (bicyclic) bond motifs is 1. The molecule has 0 aliphatic carbocycles. The van der Waals surface area contributed by atoms with Gasteiger partial charge in [-0.15, -0.1) is 12.4 Å². The molecule has 0 bridgehead atoms. The Kier molecular flexibility index (Phi) is 5.80. The van der Waals surface area contributed by atoms with Crippen LogP contribution < -0.4 is 10.6 Å². The molecule has 3 rings (SSSR count). The third-order valence-corrected chi connectivity index (χ3v) is 4.22. The lowest BCUT2D eigenvalue weighted by Crippen LogP contribution is -2.44. The number of amides is 1. The van der Waals surface area contributed by atoms with Crippen LogP contribution in [-0.2, 0) is 17.8 Å². The highest BCUT2D eigenvalue weighted by Gasteiger charge is 2.23. The van der Waals surface area contributed by atoms with Crippen LogP contribution in [0.25, 0.3) is 0 Å². The van der Waals surface area contributed by atoms with Crippen molar-refractivity contribution in [1.29, 1.82) is 0 Å². The number of benzene rings is 2. The quantitative estimate of drug-likeness (QED) is 0.896. The van der Waals surface area contributed by atoms with E-state index >= 15 is 0 Å². The van der Waals surface area contributed by atoms with E-state index in [1.165, 1.54) is 16.7 Å². The van der Waals surface area contributed by atoms with Crippen LogP contribution >= 0.6 is 12.4 Å². The summed E-state index contributed by atoms with van der Waals surface area (Å²) in [6.07, 6.45) is 0.742. The summed E-state index contributed by atoms with van der Waals surface area (Å²) in [5.74, 6) is 0.493. The molecule has 2 N–H and O–H groups in total. The average Bonchev–Trinajstić information content (AvgIpc) is 2.54. The van der Waals surface area contributed by atoms with Crippen molar-refractivity contribution >= 4 is 24.0 Å². The SMILES string of the molecule is CC(C)c1cccc(NC(=O)C2Cc3ccccc3CN2)c1.Cl. The largest absolute Gasteiger partial charge is 0.325 e. The van der Waals surface area contributed by atoms with E-state index in [9.17, 15) is 4.79 Å². The van der Waals surface area contributed by atoms with Crippen LogP contribution in [-0.4, -0.2) is 11.9 Å². The second-order valence-corrected chi connectivity index (χ2v) is 6.18. The summed E-state index contributed by atoms with van der Waals surface area (Å²) in [6, 6.07) is 16.2. The first kappa shape index (κ1) is 17.5. The summed E-state index contributed by atoms with van der Waals surface area (Å²) in [7, 11) is 0. The zero-order valence-electron chi connectivity index (χ0n) is 13.5. The molecule has 1 atom stereocenters. The van der Waals surface area contributed by atoms with Crippen LogP contribution in [0.2, 0.25) is 0 Å². The smallest absolute Gasteiger partial charge is 0.241 e. The van der Waals surface area contributed by atoms with Crippen molar-refractivity contribution in [3.05, 3.63) is 65.2 Å². The number of hydrogen-bond donors (Lipinski definition) is 2. The Morgan fingerprint density at radius 3 is 2.61 bits per heavy atom. The molecule has 1 unspecified atom stereocenters.